The third-order valence-corrected chi connectivity index (χ3v) is 3.81. The lowest BCUT2D eigenvalue weighted by Gasteiger charge is -2.11. The molecule has 0 fully saturated rings. The molecule has 5 heteroatoms. The van der Waals surface area contributed by atoms with E-state index >= 15 is 0 Å². The molecule has 0 saturated heterocycles. The molecule has 0 radical (unpaired) electrons. The van der Waals surface area contributed by atoms with Crippen molar-refractivity contribution in [2.24, 2.45) is 0 Å². The highest BCUT2D eigenvalue weighted by Crippen LogP contribution is 2.36. The van der Waals surface area contributed by atoms with E-state index in [0.717, 1.165) is 47.3 Å². The third-order valence-electron chi connectivity index (χ3n) is 3.81. The van der Waals surface area contributed by atoms with Gasteiger partial charge in [0.1, 0.15) is 0 Å². The molecule has 0 atom stereocenters. The van der Waals surface area contributed by atoms with E-state index < -0.39 is 0 Å². The van der Waals surface area contributed by atoms with Crippen molar-refractivity contribution in [1.29, 1.82) is 0 Å². The number of nitrogens with one attached hydrogen (secondary N) is 2. The Bertz CT molecular complexity index is 657. The summed E-state index contributed by atoms with van der Waals surface area (Å²) in [6.45, 7) is 1.49. The van der Waals surface area contributed by atoms with Crippen molar-refractivity contribution in [3.8, 4) is 11.1 Å². The van der Waals surface area contributed by atoms with E-state index in [1.54, 1.807) is 6.20 Å². The lowest BCUT2D eigenvalue weighted by atomic mass is 10.0. The molecule has 1 heterocycles. The number of allylic oxidation sites excluding steroid dienone is 1. The van der Waals surface area contributed by atoms with Crippen LogP contribution in [-0.2, 0) is 6.42 Å². The first kappa shape index (κ1) is 13.8. The molecule has 21 heavy (non-hydrogen) atoms. The van der Waals surface area contributed by atoms with E-state index in [1.165, 1.54) is 0 Å². The highest BCUT2D eigenvalue weighted by atomic mass is 16.1. The largest absolute Gasteiger partial charge is 0.351 e. The maximum absolute atomic E-state index is 12.4. The molecule has 1 amide bonds. The van der Waals surface area contributed by atoms with Crippen LogP contribution in [0.25, 0.3) is 17.2 Å². The van der Waals surface area contributed by atoms with E-state index in [-0.39, 0.29) is 5.91 Å². The fraction of sp³-hybridized carbons (Fsp3) is 0.375. The topological polar surface area (TPSA) is 61.0 Å². The molecular formula is C16H20N4O. The van der Waals surface area contributed by atoms with Crippen LogP contribution in [0.5, 0.6) is 0 Å². The molecule has 0 aromatic carbocycles. The van der Waals surface area contributed by atoms with E-state index in [9.17, 15) is 4.79 Å². The Morgan fingerprint density at radius 2 is 2.33 bits per heavy atom. The number of hydrogen-bond donors (Lipinski definition) is 2. The van der Waals surface area contributed by atoms with Gasteiger partial charge in [-0.1, -0.05) is 6.08 Å². The molecule has 0 aromatic rings. The summed E-state index contributed by atoms with van der Waals surface area (Å²) in [6, 6.07) is 1.96. The number of carbonyl (C=O) groups is 1. The first-order chi connectivity index (χ1) is 10.2. The Morgan fingerprint density at radius 1 is 1.48 bits per heavy atom. The first-order valence-corrected chi connectivity index (χ1v) is 7.25. The standard InChI is InChI=1S/C16H20N4O/c1-20(2)8-7-17-16(21)13-9-11-10-18-19-14-6-4-3-5-12(13)15(11)14/h4,6,9-10,19H,3,5,7-8H2,1-2H3,(H,17,21). The van der Waals surface area contributed by atoms with Gasteiger partial charge in [0.25, 0.3) is 5.91 Å². The number of aromatic amines is 1. The maximum Gasteiger partial charge on any atom is 0.251 e. The van der Waals surface area contributed by atoms with E-state index in [4.69, 9.17) is 0 Å². The van der Waals surface area contributed by atoms with E-state index in [0.29, 0.717) is 6.54 Å². The normalized spacial score (nSPS) is 13.7. The summed E-state index contributed by atoms with van der Waals surface area (Å²) in [5, 5.41) is 10.2. The second kappa shape index (κ2) is 5.69. The Morgan fingerprint density at radius 3 is 3.14 bits per heavy atom. The number of nitrogens with zero attached hydrogens (tertiary/aromatic N) is 2. The summed E-state index contributed by atoms with van der Waals surface area (Å²) in [5.74, 6) is 0.0101. The predicted octanol–water partition coefficient (Wildman–Crippen LogP) is 1.77. The SMILES string of the molecule is CN(C)CCNC(=O)c1cc2cn[nH]c3c-2c1CCC=C3. The second-order valence-electron chi connectivity index (χ2n) is 5.65. The summed E-state index contributed by atoms with van der Waals surface area (Å²) < 4.78 is 0. The Labute approximate surface area is 124 Å². The van der Waals surface area contributed by atoms with Crippen LogP contribution in [0.3, 0.4) is 0 Å². The Balaban J connectivity index is 1.91. The number of carbonyl (C=O) groups excluding carboxylic acids is 1. The summed E-state index contributed by atoms with van der Waals surface area (Å²) in [7, 11) is 3.99. The zero-order chi connectivity index (χ0) is 14.8. The number of H-pyrrole nitrogens is 1. The van der Waals surface area contributed by atoms with Crippen molar-refractivity contribution in [1.82, 2.24) is 20.4 Å². The first-order valence-electron chi connectivity index (χ1n) is 7.25. The average molecular weight is 284 g/mol. The minimum Gasteiger partial charge on any atom is -0.351 e. The Hall–Kier alpha value is -2.14. The highest BCUT2D eigenvalue weighted by molar-refractivity contribution is 6.01. The van der Waals surface area contributed by atoms with Crippen LogP contribution >= 0.6 is 0 Å². The molecule has 5 nitrogen and oxygen atoms in total. The molecule has 2 aliphatic carbocycles. The molecule has 1 aliphatic heterocycles. The molecule has 0 spiro atoms. The molecule has 3 aliphatic rings. The van der Waals surface area contributed by atoms with Crippen LogP contribution < -0.4 is 5.32 Å². The van der Waals surface area contributed by atoms with Crippen molar-refractivity contribution in [2.75, 3.05) is 27.2 Å². The van der Waals surface area contributed by atoms with Gasteiger partial charge >= 0.3 is 0 Å². The highest BCUT2D eigenvalue weighted by Gasteiger charge is 2.23. The maximum atomic E-state index is 12.4. The monoisotopic (exact) mass is 284 g/mol. The number of rotatable bonds is 4. The summed E-state index contributed by atoms with van der Waals surface area (Å²) in [5.41, 5.74) is 5.08. The van der Waals surface area contributed by atoms with Crippen molar-refractivity contribution < 1.29 is 4.79 Å². The van der Waals surface area contributed by atoms with Gasteiger partial charge in [-0.15, -0.1) is 0 Å². The predicted molar refractivity (Wildman–Crippen MR) is 83.5 cm³/mol. The number of aromatic nitrogens is 2. The smallest absolute Gasteiger partial charge is 0.251 e. The molecule has 0 bridgehead atoms. The average Bonchev–Trinajstić information content (AvgIpc) is 2.68. The van der Waals surface area contributed by atoms with Crippen LogP contribution in [-0.4, -0.2) is 48.2 Å². The summed E-state index contributed by atoms with van der Waals surface area (Å²) in [4.78, 5) is 14.5. The van der Waals surface area contributed by atoms with E-state index in [2.05, 4.69) is 32.6 Å². The van der Waals surface area contributed by atoms with Gasteiger partial charge in [0.15, 0.2) is 0 Å². The molecule has 2 N–H and O–H groups in total. The van der Waals surface area contributed by atoms with Crippen molar-refractivity contribution in [3.05, 3.63) is 35.2 Å². The number of amides is 1. The third kappa shape index (κ3) is 2.69. The van der Waals surface area contributed by atoms with Crippen LogP contribution in [0.15, 0.2) is 18.3 Å². The van der Waals surface area contributed by atoms with Gasteiger partial charge in [0.2, 0.25) is 0 Å². The summed E-state index contributed by atoms with van der Waals surface area (Å²) >= 11 is 0. The number of likely N-dealkylation sites (N-methyl/N-ethyl adjacent to an activating group) is 1. The lowest BCUT2D eigenvalue weighted by molar-refractivity contribution is 0.0950. The Kier molecular flexibility index (Phi) is 3.75. The quantitative estimate of drug-likeness (QED) is 0.899. The molecule has 0 unspecified atom stereocenters. The number of hydrogen-bond acceptors (Lipinski definition) is 3. The van der Waals surface area contributed by atoms with Gasteiger partial charge in [-0.3, -0.25) is 9.89 Å². The summed E-state index contributed by atoms with van der Waals surface area (Å²) in [6.07, 6.45) is 7.80. The van der Waals surface area contributed by atoms with Gasteiger partial charge in [0, 0.05) is 29.8 Å². The second-order valence-corrected chi connectivity index (χ2v) is 5.65. The van der Waals surface area contributed by atoms with Gasteiger partial charge in [0.05, 0.1) is 11.9 Å². The van der Waals surface area contributed by atoms with Gasteiger partial charge in [-0.05, 0) is 44.6 Å². The van der Waals surface area contributed by atoms with Crippen LogP contribution in [0, 0.1) is 0 Å². The van der Waals surface area contributed by atoms with E-state index in [1.807, 2.05) is 20.2 Å². The lowest BCUT2D eigenvalue weighted by Crippen LogP contribution is -2.31. The van der Waals surface area contributed by atoms with Crippen LogP contribution in [0.4, 0.5) is 0 Å². The van der Waals surface area contributed by atoms with Crippen LogP contribution in [0.2, 0.25) is 0 Å². The van der Waals surface area contributed by atoms with Crippen molar-refractivity contribution >= 4 is 12.0 Å². The molecule has 0 saturated carbocycles. The zero-order valence-electron chi connectivity index (χ0n) is 12.4. The molecule has 110 valence electrons. The van der Waals surface area contributed by atoms with Crippen molar-refractivity contribution in [2.45, 2.75) is 12.8 Å². The molecular weight excluding hydrogens is 264 g/mol. The van der Waals surface area contributed by atoms with Crippen molar-refractivity contribution in [3.63, 3.8) is 0 Å². The minimum absolute atomic E-state index is 0.0101. The van der Waals surface area contributed by atoms with Gasteiger partial charge in [-0.25, -0.2) is 0 Å². The van der Waals surface area contributed by atoms with Gasteiger partial charge < -0.3 is 10.2 Å². The van der Waals surface area contributed by atoms with Crippen LogP contribution in [0.1, 0.15) is 28.0 Å². The minimum atomic E-state index is 0.0101. The fourth-order valence-corrected chi connectivity index (χ4v) is 2.77. The molecule has 3 rings (SSSR count). The zero-order valence-corrected chi connectivity index (χ0v) is 12.4. The van der Waals surface area contributed by atoms with Gasteiger partial charge in [-0.2, -0.15) is 5.10 Å². The fourth-order valence-electron chi connectivity index (χ4n) is 2.77. The molecule has 0 aromatic heterocycles.